The maximum atomic E-state index is 14.6. The zero-order valence-electron chi connectivity index (χ0n) is 23.3. The number of methoxy groups -OCH3 is 1. The Balaban J connectivity index is 1.18. The summed E-state index contributed by atoms with van der Waals surface area (Å²) in [4.78, 5) is 35.3. The van der Waals surface area contributed by atoms with E-state index in [9.17, 15) is 20.0 Å². The third-order valence-electron chi connectivity index (χ3n) is 10.0. The number of piperidine rings is 1. The fraction of sp³-hybridized carbons (Fsp3) is 0.375. The second-order valence-electron chi connectivity index (χ2n) is 12.1. The number of hydrogen-bond acceptors (Lipinski definition) is 7. The minimum atomic E-state index is -0.347. The Morgan fingerprint density at radius 2 is 2.02 bits per heavy atom. The Morgan fingerprint density at radius 3 is 2.86 bits per heavy atom. The lowest BCUT2D eigenvalue weighted by Crippen LogP contribution is -2.61. The van der Waals surface area contributed by atoms with E-state index in [1.54, 1.807) is 25.3 Å². The van der Waals surface area contributed by atoms with Crippen LogP contribution >= 0.6 is 0 Å². The molecule has 10 heteroatoms. The lowest BCUT2D eigenvalue weighted by molar-refractivity contribution is -0.138. The van der Waals surface area contributed by atoms with Crippen molar-refractivity contribution >= 4 is 28.2 Å². The number of nitrogens with zero attached hydrogens (tertiary/aromatic N) is 4. The van der Waals surface area contributed by atoms with E-state index in [2.05, 4.69) is 9.88 Å². The van der Waals surface area contributed by atoms with Crippen LogP contribution in [0.1, 0.15) is 34.9 Å². The van der Waals surface area contributed by atoms with Crippen LogP contribution < -0.4 is 20.4 Å². The molecule has 1 saturated heterocycles. The van der Waals surface area contributed by atoms with Crippen molar-refractivity contribution in [1.29, 1.82) is 0 Å². The molecule has 0 aliphatic carbocycles. The van der Waals surface area contributed by atoms with Gasteiger partial charge in [0.25, 0.3) is 5.56 Å². The molecule has 1 amide bonds. The van der Waals surface area contributed by atoms with Gasteiger partial charge in [-0.2, -0.15) is 0 Å². The second-order valence-corrected chi connectivity index (χ2v) is 12.1. The van der Waals surface area contributed by atoms with Gasteiger partial charge in [-0.1, -0.05) is 6.07 Å². The number of aromatic nitrogens is 2. The minimum Gasteiger partial charge on any atom is -0.733 e. The van der Waals surface area contributed by atoms with E-state index >= 15 is 0 Å². The van der Waals surface area contributed by atoms with E-state index in [1.807, 2.05) is 45.9 Å². The van der Waals surface area contributed by atoms with E-state index in [0.717, 1.165) is 57.7 Å². The summed E-state index contributed by atoms with van der Waals surface area (Å²) in [6, 6.07) is 16.6. The number of anilines is 2. The van der Waals surface area contributed by atoms with Gasteiger partial charge >= 0.3 is 0 Å². The molecule has 2 aromatic carbocycles. The summed E-state index contributed by atoms with van der Waals surface area (Å²) >= 11 is 0. The number of H-pyrrole nitrogens is 1. The summed E-state index contributed by atoms with van der Waals surface area (Å²) in [6.45, 7) is 2.40. The maximum Gasteiger partial charge on any atom is 0.250 e. The first-order valence-corrected chi connectivity index (χ1v) is 14.6. The molecule has 4 aliphatic heterocycles. The zero-order valence-corrected chi connectivity index (χ0v) is 23.3. The van der Waals surface area contributed by atoms with Gasteiger partial charge in [0, 0.05) is 84.2 Å². The summed E-state index contributed by atoms with van der Waals surface area (Å²) < 4.78 is 7.38. The molecule has 2 unspecified atom stereocenters. The van der Waals surface area contributed by atoms with Gasteiger partial charge in [0.15, 0.2) is 0 Å². The van der Waals surface area contributed by atoms with Gasteiger partial charge in [0.2, 0.25) is 5.91 Å². The number of carbonyl (C=O) groups is 1. The summed E-state index contributed by atoms with van der Waals surface area (Å²) in [5.74, 6) is 0.827. The first-order valence-electron chi connectivity index (χ1n) is 14.6. The van der Waals surface area contributed by atoms with Crippen LogP contribution in [-0.2, 0) is 30.7 Å². The molecular formula is C32H32N5O5-. The predicted octanol–water partition coefficient (Wildman–Crippen LogP) is 3.78. The third-order valence-corrected chi connectivity index (χ3v) is 10.0. The van der Waals surface area contributed by atoms with Crippen molar-refractivity contribution < 1.29 is 14.7 Å². The third kappa shape index (κ3) is 3.78. The lowest BCUT2D eigenvalue weighted by Gasteiger charge is -2.55. The smallest absolute Gasteiger partial charge is 0.250 e. The van der Waals surface area contributed by atoms with Gasteiger partial charge in [0.1, 0.15) is 5.75 Å². The largest absolute Gasteiger partial charge is 0.733 e. The first-order chi connectivity index (χ1) is 20.4. The molecule has 4 aromatic rings. The van der Waals surface area contributed by atoms with E-state index in [4.69, 9.17) is 4.74 Å². The van der Waals surface area contributed by atoms with Gasteiger partial charge in [-0.05, 0) is 66.8 Å². The average molecular weight is 567 g/mol. The number of aromatic amines is 1. The summed E-state index contributed by atoms with van der Waals surface area (Å²) in [7, 11) is 1.66. The van der Waals surface area contributed by atoms with Gasteiger partial charge in [0.05, 0.1) is 18.7 Å². The number of pyridine rings is 1. The molecule has 2 bridgehead atoms. The zero-order chi connectivity index (χ0) is 28.7. The SMILES string of the molecule is COc1ccc2[nH]c3c(c2c1)CN(C(=O)[C@@H]1Cc2cc(N([O-])O)ccc2N2CC4CC(Cn5c4cccc5=O)[C@@H]12)CC3. The molecule has 216 valence electrons. The van der Waals surface area contributed by atoms with Gasteiger partial charge in [-0.3, -0.25) is 14.8 Å². The normalized spacial score (nSPS) is 24.0. The van der Waals surface area contributed by atoms with Crippen molar-refractivity contribution in [3.63, 3.8) is 0 Å². The number of nitrogens with one attached hydrogen (secondary N) is 1. The Bertz CT molecular complexity index is 1790. The highest BCUT2D eigenvalue weighted by atomic mass is 16.8. The van der Waals surface area contributed by atoms with E-state index < -0.39 is 0 Å². The van der Waals surface area contributed by atoms with Crippen LogP contribution in [0.5, 0.6) is 5.75 Å². The number of hydrogen-bond donors (Lipinski definition) is 2. The molecule has 6 heterocycles. The predicted molar refractivity (Wildman–Crippen MR) is 158 cm³/mol. The van der Waals surface area contributed by atoms with Crippen LogP contribution in [-0.4, -0.2) is 51.8 Å². The molecule has 1 fully saturated rings. The molecule has 10 nitrogen and oxygen atoms in total. The van der Waals surface area contributed by atoms with Crippen molar-refractivity contribution in [2.24, 2.45) is 11.8 Å². The Labute approximate surface area is 242 Å². The number of amides is 1. The van der Waals surface area contributed by atoms with Crippen molar-refractivity contribution in [2.75, 3.05) is 30.3 Å². The number of rotatable bonds is 3. The molecule has 42 heavy (non-hydrogen) atoms. The highest BCUT2D eigenvalue weighted by molar-refractivity contribution is 5.88. The van der Waals surface area contributed by atoms with Crippen LogP contribution in [0.4, 0.5) is 11.4 Å². The topological polar surface area (TPSA) is 117 Å². The van der Waals surface area contributed by atoms with E-state index in [1.165, 1.54) is 0 Å². The molecule has 0 saturated carbocycles. The molecule has 4 atom stereocenters. The Morgan fingerprint density at radius 1 is 1.14 bits per heavy atom. The minimum absolute atomic E-state index is 0.0104. The van der Waals surface area contributed by atoms with E-state index in [0.29, 0.717) is 32.6 Å². The second kappa shape index (κ2) is 9.37. The van der Waals surface area contributed by atoms with Crippen LogP contribution in [0.25, 0.3) is 10.9 Å². The monoisotopic (exact) mass is 566 g/mol. The molecular weight excluding hydrogens is 534 g/mol. The van der Waals surface area contributed by atoms with Gasteiger partial charge < -0.3 is 34.5 Å². The van der Waals surface area contributed by atoms with Gasteiger partial charge in [-0.25, -0.2) is 0 Å². The lowest BCUT2D eigenvalue weighted by atomic mass is 9.69. The number of benzene rings is 2. The fourth-order valence-electron chi connectivity index (χ4n) is 8.19. The Kier molecular flexibility index (Phi) is 5.67. The molecule has 8 rings (SSSR count). The quantitative estimate of drug-likeness (QED) is 0.363. The Hall–Kier alpha value is -4.28. The first kappa shape index (κ1) is 25.4. The highest BCUT2D eigenvalue weighted by Crippen LogP contribution is 2.48. The summed E-state index contributed by atoms with van der Waals surface area (Å²) in [5, 5.41) is 22.4. The molecule has 2 aromatic heterocycles. The van der Waals surface area contributed by atoms with Crippen LogP contribution in [0.3, 0.4) is 0 Å². The number of ether oxygens (including phenoxy) is 1. The van der Waals surface area contributed by atoms with Gasteiger partial charge in [-0.15, -0.1) is 0 Å². The standard InChI is InChI=1S/C32H32N5O5/c1-42-22-6-7-26-23(14-22)25-17-34(10-9-27(25)33-26)32(39)24-13-18-12-21(37(40)41)5-8-29(18)36-15-19-11-20(31(24)36)16-35-28(19)3-2-4-30(35)38/h2-8,12,14,19-20,24,31,33,40H,9-11,13,15-17H2,1H3/q-1/t19?,20?,24-,31+/m1/s1. The summed E-state index contributed by atoms with van der Waals surface area (Å²) in [6.07, 6.45) is 2.14. The van der Waals surface area contributed by atoms with Crippen LogP contribution in [0.2, 0.25) is 0 Å². The van der Waals surface area contributed by atoms with Crippen LogP contribution in [0.15, 0.2) is 59.4 Å². The molecule has 0 spiro atoms. The van der Waals surface area contributed by atoms with Crippen molar-refractivity contribution in [2.45, 2.75) is 44.3 Å². The molecule has 2 N–H and O–H groups in total. The maximum absolute atomic E-state index is 14.6. The van der Waals surface area contributed by atoms with E-state index in [-0.39, 0.29) is 46.2 Å². The molecule has 4 aliphatic rings. The van der Waals surface area contributed by atoms with Crippen molar-refractivity contribution in [3.8, 4) is 5.75 Å². The fourth-order valence-corrected chi connectivity index (χ4v) is 8.19. The average Bonchev–Trinajstić information content (AvgIpc) is 3.37. The van der Waals surface area contributed by atoms with Crippen molar-refractivity contribution in [3.05, 3.63) is 92.7 Å². The highest BCUT2D eigenvalue weighted by Gasteiger charge is 2.50. The number of fused-ring (bicyclic) bond motifs is 11. The summed E-state index contributed by atoms with van der Waals surface area (Å²) in [5.41, 5.74) is 6.42. The number of carbonyl (C=O) groups excluding carboxylic acids is 1. The van der Waals surface area contributed by atoms with Crippen molar-refractivity contribution in [1.82, 2.24) is 14.5 Å². The molecule has 0 radical (unpaired) electrons. The van der Waals surface area contributed by atoms with Crippen LogP contribution in [0, 0.1) is 17.0 Å².